The molecule has 0 atom stereocenters. The molecule has 152 valence electrons. The quantitative estimate of drug-likeness (QED) is 0.370. The minimum Gasteiger partial charge on any atom is -0.493 e. The molecule has 0 saturated heterocycles. The molecule has 0 aliphatic rings. The van der Waals surface area contributed by atoms with Crippen LogP contribution in [0, 0.1) is 0 Å². The van der Waals surface area contributed by atoms with Gasteiger partial charge in [0, 0.05) is 26.1 Å². The third-order valence-electron chi connectivity index (χ3n) is 4.08. The van der Waals surface area contributed by atoms with Crippen molar-refractivity contribution in [3.8, 4) is 11.5 Å². The van der Waals surface area contributed by atoms with Gasteiger partial charge in [0.25, 0.3) is 0 Å². The molecule has 0 amide bonds. The molecule has 0 unspecified atom stereocenters. The van der Waals surface area contributed by atoms with E-state index in [1.165, 1.54) is 0 Å². The van der Waals surface area contributed by atoms with E-state index >= 15 is 0 Å². The summed E-state index contributed by atoms with van der Waals surface area (Å²) >= 11 is 0. The zero-order chi connectivity index (χ0) is 20.4. The van der Waals surface area contributed by atoms with E-state index in [2.05, 4.69) is 39.3 Å². The molecule has 2 rings (SSSR count). The van der Waals surface area contributed by atoms with Gasteiger partial charge in [-0.05, 0) is 24.6 Å². The van der Waals surface area contributed by atoms with Gasteiger partial charge in [-0.25, -0.2) is 4.99 Å². The maximum absolute atomic E-state index is 5.36. The molecule has 1 aromatic carbocycles. The molecular formula is C20H30N6O2. The Morgan fingerprint density at radius 3 is 2.68 bits per heavy atom. The van der Waals surface area contributed by atoms with Gasteiger partial charge in [0.05, 0.1) is 20.8 Å². The Bertz CT molecular complexity index is 800. The Kier molecular flexibility index (Phi) is 8.33. The first-order valence-corrected chi connectivity index (χ1v) is 9.31. The van der Waals surface area contributed by atoms with E-state index in [1.807, 2.05) is 29.7 Å². The molecule has 2 N–H and O–H groups in total. The largest absolute Gasteiger partial charge is 0.493 e. The second-order valence-electron chi connectivity index (χ2n) is 6.39. The highest BCUT2D eigenvalue weighted by molar-refractivity contribution is 5.80. The number of aliphatic imine (C=N–C) groups is 1. The number of ether oxygens (including phenoxy) is 2. The fourth-order valence-electron chi connectivity index (χ4n) is 2.59. The number of nitrogens with one attached hydrogen (secondary N) is 2. The molecule has 28 heavy (non-hydrogen) atoms. The summed E-state index contributed by atoms with van der Waals surface area (Å²) in [5.41, 5.74) is 2.06. The summed E-state index contributed by atoms with van der Waals surface area (Å²) in [6.07, 6.45) is 2.61. The second kappa shape index (κ2) is 11.0. The maximum atomic E-state index is 5.36. The fraction of sp³-hybridized carbons (Fsp3) is 0.450. The van der Waals surface area contributed by atoms with Gasteiger partial charge in [-0.1, -0.05) is 25.1 Å². The van der Waals surface area contributed by atoms with E-state index in [0.29, 0.717) is 31.1 Å². The first-order valence-electron chi connectivity index (χ1n) is 9.31. The molecule has 0 bridgehead atoms. The predicted molar refractivity (Wildman–Crippen MR) is 111 cm³/mol. The smallest absolute Gasteiger partial charge is 0.191 e. The number of nitrogens with zero attached hydrogens (tertiary/aromatic N) is 4. The van der Waals surface area contributed by atoms with Gasteiger partial charge in [0.15, 0.2) is 17.5 Å². The number of hydrogen-bond acceptors (Lipinski definition) is 5. The van der Waals surface area contributed by atoms with Crippen LogP contribution in [0.5, 0.6) is 11.5 Å². The van der Waals surface area contributed by atoms with E-state index in [0.717, 1.165) is 35.9 Å². The first-order chi connectivity index (χ1) is 13.6. The Morgan fingerprint density at radius 2 is 2.00 bits per heavy atom. The van der Waals surface area contributed by atoms with Crippen molar-refractivity contribution in [3.05, 3.63) is 48.1 Å². The van der Waals surface area contributed by atoms with Crippen molar-refractivity contribution >= 4 is 5.96 Å². The van der Waals surface area contributed by atoms with Crippen LogP contribution in [0.4, 0.5) is 0 Å². The van der Waals surface area contributed by atoms with Crippen molar-refractivity contribution in [1.82, 2.24) is 25.4 Å². The van der Waals surface area contributed by atoms with Crippen LogP contribution < -0.4 is 20.1 Å². The van der Waals surface area contributed by atoms with E-state index in [9.17, 15) is 0 Å². The lowest BCUT2D eigenvalue weighted by atomic mass is 10.2. The van der Waals surface area contributed by atoms with Gasteiger partial charge in [-0.15, -0.1) is 10.2 Å². The van der Waals surface area contributed by atoms with Gasteiger partial charge < -0.3 is 24.7 Å². The van der Waals surface area contributed by atoms with Crippen molar-refractivity contribution < 1.29 is 9.47 Å². The summed E-state index contributed by atoms with van der Waals surface area (Å²) in [7, 11) is 3.25. The van der Waals surface area contributed by atoms with Crippen molar-refractivity contribution in [3.63, 3.8) is 0 Å². The van der Waals surface area contributed by atoms with Gasteiger partial charge in [-0.2, -0.15) is 0 Å². The zero-order valence-electron chi connectivity index (χ0n) is 17.2. The number of benzene rings is 1. The third kappa shape index (κ3) is 6.29. The number of aryl methyl sites for hydroxylation is 1. The molecular weight excluding hydrogens is 356 g/mol. The average molecular weight is 387 g/mol. The Morgan fingerprint density at radius 1 is 1.21 bits per heavy atom. The number of aromatic nitrogens is 3. The minimum absolute atomic E-state index is 0.513. The highest BCUT2D eigenvalue weighted by Crippen LogP contribution is 2.27. The van der Waals surface area contributed by atoms with Crippen LogP contribution in [0.1, 0.15) is 25.2 Å². The Labute approximate surface area is 166 Å². The summed E-state index contributed by atoms with van der Waals surface area (Å²) in [5, 5.41) is 14.7. The predicted octanol–water partition coefficient (Wildman–Crippen LogP) is 2.17. The zero-order valence-corrected chi connectivity index (χ0v) is 17.2. The second-order valence-corrected chi connectivity index (χ2v) is 6.39. The highest BCUT2D eigenvalue weighted by atomic mass is 16.5. The van der Waals surface area contributed by atoms with Crippen LogP contribution in [0.2, 0.25) is 0 Å². The molecule has 0 aliphatic heterocycles. The summed E-state index contributed by atoms with van der Waals surface area (Å²) in [6.45, 7) is 10.6. The topological polar surface area (TPSA) is 85.6 Å². The van der Waals surface area contributed by atoms with Crippen molar-refractivity contribution in [2.45, 2.75) is 33.4 Å². The standard InChI is InChI=1S/C20H30N6O2/c1-6-19-25-24-14-26(19)10-9-21-20(22-12-15(2)3)23-13-16-7-8-17(27-4)18(11-16)28-5/h7-8,11,14H,2,6,9-10,12-13H2,1,3-5H3,(H2,21,22,23). The normalized spacial score (nSPS) is 11.2. The minimum atomic E-state index is 0.513. The summed E-state index contributed by atoms with van der Waals surface area (Å²) in [5.74, 6) is 3.10. The van der Waals surface area contributed by atoms with Crippen LogP contribution in [0.25, 0.3) is 0 Å². The number of rotatable bonds is 10. The first kappa shape index (κ1) is 21.3. The molecule has 0 saturated carbocycles. The molecule has 1 aromatic heterocycles. The SMILES string of the molecule is C=C(C)CNC(=NCc1ccc(OC)c(OC)c1)NCCn1cnnc1CC. The van der Waals surface area contributed by atoms with Gasteiger partial charge >= 0.3 is 0 Å². The molecule has 0 spiro atoms. The molecule has 2 aromatic rings. The molecule has 0 fully saturated rings. The van der Waals surface area contributed by atoms with Crippen molar-refractivity contribution in [1.29, 1.82) is 0 Å². The van der Waals surface area contributed by atoms with Crippen LogP contribution in [-0.2, 0) is 19.5 Å². The average Bonchev–Trinajstić information content (AvgIpc) is 3.16. The molecule has 1 heterocycles. The summed E-state index contributed by atoms with van der Waals surface area (Å²) < 4.78 is 12.7. The summed E-state index contributed by atoms with van der Waals surface area (Å²) in [6, 6.07) is 5.80. The van der Waals surface area contributed by atoms with Crippen LogP contribution >= 0.6 is 0 Å². The van der Waals surface area contributed by atoms with Gasteiger partial charge in [0.2, 0.25) is 0 Å². The fourth-order valence-corrected chi connectivity index (χ4v) is 2.59. The van der Waals surface area contributed by atoms with Crippen LogP contribution in [0.3, 0.4) is 0 Å². The van der Waals surface area contributed by atoms with Crippen molar-refractivity contribution in [2.24, 2.45) is 4.99 Å². The number of methoxy groups -OCH3 is 2. The van der Waals surface area contributed by atoms with E-state index in [-0.39, 0.29) is 0 Å². The van der Waals surface area contributed by atoms with Gasteiger partial charge in [0.1, 0.15) is 12.2 Å². The maximum Gasteiger partial charge on any atom is 0.191 e. The van der Waals surface area contributed by atoms with E-state index < -0.39 is 0 Å². The Balaban J connectivity index is 2.01. The van der Waals surface area contributed by atoms with Crippen molar-refractivity contribution in [2.75, 3.05) is 27.3 Å². The monoisotopic (exact) mass is 386 g/mol. The van der Waals surface area contributed by atoms with Gasteiger partial charge in [-0.3, -0.25) is 0 Å². The highest BCUT2D eigenvalue weighted by Gasteiger charge is 2.06. The number of hydrogen-bond donors (Lipinski definition) is 2. The van der Waals surface area contributed by atoms with E-state index in [4.69, 9.17) is 9.47 Å². The molecule has 8 heteroatoms. The van der Waals surface area contributed by atoms with E-state index in [1.54, 1.807) is 20.5 Å². The molecule has 0 aliphatic carbocycles. The molecule has 0 radical (unpaired) electrons. The lowest BCUT2D eigenvalue weighted by Gasteiger charge is -2.14. The van der Waals surface area contributed by atoms with Crippen LogP contribution in [-0.4, -0.2) is 48.0 Å². The third-order valence-corrected chi connectivity index (χ3v) is 4.08. The Hall–Kier alpha value is -3.03. The number of guanidine groups is 1. The van der Waals surface area contributed by atoms with Crippen LogP contribution in [0.15, 0.2) is 41.7 Å². The lowest BCUT2D eigenvalue weighted by molar-refractivity contribution is 0.354. The lowest BCUT2D eigenvalue weighted by Crippen LogP contribution is -2.39. The molecule has 8 nitrogen and oxygen atoms in total. The summed E-state index contributed by atoms with van der Waals surface area (Å²) in [4.78, 5) is 4.67.